The maximum atomic E-state index is 13.2. The van der Waals surface area contributed by atoms with Gasteiger partial charge >= 0.3 is 41.1 Å². The van der Waals surface area contributed by atoms with Gasteiger partial charge in [0.15, 0.2) is 19.1 Å². The molecular weight excluding hydrogens is 562 g/mol. The van der Waals surface area contributed by atoms with Gasteiger partial charge in [0.1, 0.15) is 13.5 Å². The van der Waals surface area contributed by atoms with Crippen molar-refractivity contribution < 1.29 is 38.1 Å². The van der Waals surface area contributed by atoms with Crippen LogP contribution in [0.3, 0.4) is 0 Å². The molecule has 0 saturated carbocycles. The second kappa shape index (κ2) is 14.1. The van der Waals surface area contributed by atoms with Crippen molar-refractivity contribution in [3.63, 3.8) is 0 Å². The van der Waals surface area contributed by atoms with Crippen LogP contribution in [0.5, 0.6) is 0 Å². The van der Waals surface area contributed by atoms with Crippen molar-refractivity contribution in [2.75, 3.05) is 48.1 Å². The van der Waals surface area contributed by atoms with Gasteiger partial charge in [0.2, 0.25) is 0 Å². The summed E-state index contributed by atoms with van der Waals surface area (Å²) < 4.78 is 22.5. The number of hydrogen-bond acceptors (Lipinski definition) is 11. The summed E-state index contributed by atoms with van der Waals surface area (Å²) in [6.07, 6.45) is -1.86. The van der Waals surface area contributed by atoms with Gasteiger partial charge in [0.05, 0.1) is 20.0 Å². The van der Waals surface area contributed by atoms with E-state index >= 15 is 0 Å². The first-order valence-electron chi connectivity index (χ1n) is 13.4. The van der Waals surface area contributed by atoms with Crippen molar-refractivity contribution in [2.45, 2.75) is 65.1 Å². The maximum Gasteiger partial charge on any atom is 0.336 e. The lowest BCUT2D eigenvalue weighted by molar-refractivity contribution is -0.149. The highest BCUT2D eigenvalue weighted by atomic mass is 16.5. The number of ether oxygens (including phenoxy) is 4. The SMILES string of the molecule is CCCn1c(=O)n(CCC(=O)OC)c(=O)n(CCC(=O)OCN2C(=O)N(CC)C3C2N(COC)C(=O)N3COC)c1=O. The molecule has 0 aromatic carbocycles. The number of rotatable bonds is 15. The number of amides is 4. The summed E-state index contributed by atoms with van der Waals surface area (Å²) in [5, 5.41) is 0. The molecule has 2 atom stereocenters. The number of aromatic nitrogens is 3. The average molecular weight is 600 g/mol. The summed E-state index contributed by atoms with van der Waals surface area (Å²) in [4.78, 5) is 94.5. The van der Waals surface area contributed by atoms with Gasteiger partial charge in [-0.2, -0.15) is 0 Å². The van der Waals surface area contributed by atoms with E-state index in [1.165, 1.54) is 33.8 Å². The van der Waals surface area contributed by atoms with Crippen LogP contribution in [0.2, 0.25) is 0 Å². The van der Waals surface area contributed by atoms with Crippen LogP contribution in [0.25, 0.3) is 0 Å². The molecule has 0 bridgehead atoms. The molecule has 2 unspecified atom stereocenters. The minimum absolute atomic E-state index is 0.0188. The molecule has 0 radical (unpaired) electrons. The second-order valence-electron chi connectivity index (χ2n) is 9.45. The molecule has 0 N–H and O–H groups in total. The van der Waals surface area contributed by atoms with Crippen LogP contribution < -0.4 is 17.1 Å². The van der Waals surface area contributed by atoms with E-state index in [9.17, 15) is 33.6 Å². The molecule has 0 spiro atoms. The Bertz CT molecular complexity index is 1350. The van der Waals surface area contributed by atoms with Crippen LogP contribution in [-0.4, -0.2) is 118 Å². The third-order valence-electron chi connectivity index (χ3n) is 6.91. The van der Waals surface area contributed by atoms with Crippen molar-refractivity contribution in [3.8, 4) is 0 Å². The fourth-order valence-corrected chi connectivity index (χ4v) is 4.96. The van der Waals surface area contributed by atoms with Gasteiger partial charge in [-0.1, -0.05) is 6.92 Å². The van der Waals surface area contributed by atoms with E-state index in [0.717, 1.165) is 20.8 Å². The lowest BCUT2D eigenvalue weighted by Crippen LogP contribution is -2.54. The number of nitrogens with zero attached hydrogens (tertiary/aromatic N) is 7. The number of likely N-dealkylation sites (N-methyl/N-ethyl adjacent to an activating group) is 1. The molecular formula is C24H37N7O11. The zero-order valence-electron chi connectivity index (χ0n) is 24.3. The largest absolute Gasteiger partial charge is 0.469 e. The van der Waals surface area contributed by atoms with Crippen LogP contribution in [0.15, 0.2) is 14.4 Å². The fraction of sp³-hybridized carbons (Fsp3) is 0.708. The second-order valence-corrected chi connectivity index (χ2v) is 9.45. The molecule has 0 aliphatic carbocycles. The number of esters is 2. The molecule has 2 saturated heterocycles. The molecule has 1 aromatic rings. The summed E-state index contributed by atoms with van der Waals surface area (Å²) in [5.41, 5.74) is -2.75. The molecule has 2 aliphatic rings. The monoisotopic (exact) mass is 599 g/mol. The van der Waals surface area contributed by atoms with Crippen molar-refractivity contribution in [1.29, 1.82) is 0 Å². The number of urea groups is 2. The van der Waals surface area contributed by atoms with Gasteiger partial charge in [0.25, 0.3) is 0 Å². The number of carbonyl (C=O) groups excluding carboxylic acids is 4. The molecule has 234 valence electrons. The molecule has 42 heavy (non-hydrogen) atoms. The Morgan fingerprint density at radius 3 is 1.50 bits per heavy atom. The smallest absolute Gasteiger partial charge is 0.336 e. The van der Waals surface area contributed by atoms with Gasteiger partial charge in [-0.25, -0.2) is 37.7 Å². The molecule has 3 heterocycles. The Hall–Kier alpha value is -4.19. The topological polar surface area (TPSA) is 184 Å². The highest BCUT2D eigenvalue weighted by Crippen LogP contribution is 2.34. The van der Waals surface area contributed by atoms with Crippen molar-refractivity contribution in [2.24, 2.45) is 0 Å². The first kappa shape index (κ1) is 32.3. The lowest BCUT2D eigenvalue weighted by Gasteiger charge is -2.28. The van der Waals surface area contributed by atoms with Crippen LogP contribution in [-0.2, 0) is 48.2 Å². The van der Waals surface area contributed by atoms with Crippen LogP contribution in [0, 0.1) is 0 Å². The maximum absolute atomic E-state index is 13.2. The molecule has 18 heteroatoms. The number of methoxy groups -OCH3 is 3. The molecule has 2 fully saturated rings. The Morgan fingerprint density at radius 1 is 0.619 bits per heavy atom. The Balaban J connectivity index is 1.78. The molecule has 18 nitrogen and oxygen atoms in total. The highest BCUT2D eigenvalue weighted by molar-refractivity contribution is 5.85. The van der Waals surface area contributed by atoms with E-state index < -0.39 is 73.1 Å². The number of carbonyl (C=O) groups is 4. The Kier molecular flexibility index (Phi) is 10.9. The molecule has 1 aromatic heterocycles. The summed E-state index contributed by atoms with van der Waals surface area (Å²) in [6.45, 7) is 2.30. The Labute approximate surface area is 240 Å². The van der Waals surface area contributed by atoms with Crippen LogP contribution in [0.1, 0.15) is 33.1 Å². The Morgan fingerprint density at radius 2 is 1.05 bits per heavy atom. The number of hydrogen-bond donors (Lipinski definition) is 0. The van der Waals surface area contributed by atoms with Crippen molar-refractivity contribution in [3.05, 3.63) is 31.5 Å². The summed E-state index contributed by atoms with van der Waals surface area (Å²) in [7, 11) is 3.98. The normalized spacial score (nSPS) is 18.2. The van der Waals surface area contributed by atoms with Crippen LogP contribution >= 0.6 is 0 Å². The van der Waals surface area contributed by atoms with E-state index in [2.05, 4.69) is 4.74 Å². The average Bonchev–Trinajstić information content (AvgIpc) is 3.39. The van der Waals surface area contributed by atoms with Gasteiger partial charge in [0, 0.05) is 40.4 Å². The zero-order chi connectivity index (χ0) is 31.1. The van der Waals surface area contributed by atoms with E-state index in [1.807, 2.05) is 0 Å². The van der Waals surface area contributed by atoms with Gasteiger partial charge in [-0.3, -0.25) is 24.3 Å². The first-order chi connectivity index (χ1) is 20.1. The zero-order valence-corrected chi connectivity index (χ0v) is 24.3. The lowest BCUT2D eigenvalue weighted by atomic mass is 10.3. The highest BCUT2D eigenvalue weighted by Gasteiger charge is 2.59. The van der Waals surface area contributed by atoms with Gasteiger partial charge < -0.3 is 23.8 Å². The van der Waals surface area contributed by atoms with Gasteiger partial charge in [-0.15, -0.1) is 0 Å². The minimum Gasteiger partial charge on any atom is -0.469 e. The minimum atomic E-state index is -0.983. The van der Waals surface area contributed by atoms with Crippen molar-refractivity contribution >= 4 is 24.0 Å². The predicted octanol–water partition coefficient (Wildman–Crippen LogP) is -1.61. The van der Waals surface area contributed by atoms with E-state index in [4.69, 9.17) is 14.2 Å². The third kappa shape index (κ3) is 6.18. The molecule has 4 amide bonds. The standard InChI is InChI=1S/C24H37N7O11/c1-6-10-26-21(35)27(11-8-16(32)41-5)23(37)28(22(26)36)12-9-17(33)42-15-31-19-18(25(7-2)20(31)34)29(13-39-3)24(38)30(19)14-40-4/h18-19H,6-15H2,1-5H3. The van der Waals surface area contributed by atoms with Crippen LogP contribution in [0.4, 0.5) is 9.59 Å². The first-order valence-corrected chi connectivity index (χ1v) is 13.4. The molecule has 2 aliphatic heterocycles. The quantitative estimate of drug-likeness (QED) is 0.211. The van der Waals surface area contributed by atoms with Gasteiger partial charge in [-0.05, 0) is 13.3 Å². The van der Waals surface area contributed by atoms with E-state index in [0.29, 0.717) is 6.42 Å². The van der Waals surface area contributed by atoms with E-state index in [1.54, 1.807) is 13.8 Å². The van der Waals surface area contributed by atoms with E-state index in [-0.39, 0.29) is 39.5 Å². The fourth-order valence-electron chi connectivity index (χ4n) is 4.96. The number of fused-ring (bicyclic) bond motifs is 1. The molecule has 3 rings (SSSR count). The summed E-state index contributed by atoms with van der Waals surface area (Å²) in [5.74, 6) is -1.49. The summed E-state index contributed by atoms with van der Waals surface area (Å²) in [6, 6.07) is -0.910. The summed E-state index contributed by atoms with van der Waals surface area (Å²) >= 11 is 0. The van der Waals surface area contributed by atoms with Crippen molar-refractivity contribution in [1.82, 2.24) is 33.3 Å². The predicted molar refractivity (Wildman–Crippen MR) is 142 cm³/mol. The third-order valence-corrected chi connectivity index (χ3v) is 6.91.